The Kier molecular flexibility index (Phi) is 7.63. The molecule has 1 saturated carbocycles. The van der Waals surface area contributed by atoms with E-state index >= 15 is 0 Å². The minimum atomic E-state index is -3.42. The van der Waals surface area contributed by atoms with E-state index in [0.717, 1.165) is 30.5 Å². The average Bonchev–Trinajstić information content (AvgIpc) is 3.44. The smallest absolute Gasteiger partial charge is 0.240 e. The van der Waals surface area contributed by atoms with Crippen molar-refractivity contribution in [3.05, 3.63) is 59.7 Å². The SMILES string of the molecule is CCc1cccc(NC(N)=NCc2ccc(S(=O)(=O)NC3CC3)cc2)c1.I. The summed E-state index contributed by atoms with van der Waals surface area (Å²) in [6, 6.07) is 14.8. The van der Waals surface area contributed by atoms with E-state index in [0.29, 0.717) is 12.5 Å². The molecule has 2 aromatic carbocycles. The number of nitrogens with zero attached hydrogens (tertiary/aromatic N) is 1. The molecule has 146 valence electrons. The lowest BCUT2D eigenvalue weighted by Crippen LogP contribution is -2.25. The van der Waals surface area contributed by atoms with Gasteiger partial charge in [-0.2, -0.15) is 0 Å². The van der Waals surface area contributed by atoms with Crippen LogP contribution in [0.5, 0.6) is 0 Å². The van der Waals surface area contributed by atoms with Gasteiger partial charge < -0.3 is 11.1 Å². The van der Waals surface area contributed by atoms with Crippen LogP contribution in [0.25, 0.3) is 0 Å². The Morgan fingerprint density at radius 3 is 2.48 bits per heavy atom. The van der Waals surface area contributed by atoms with E-state index in [1.807, 2.05) is 18.2 Å². The highest BCUT2D eigenvalue weighted by atomic mass is 127. The van der Waals surface area contributed by atoms with E-state index in [9.17, 15) is 8.42 Å². The van der Waals surface area contributed by atoms with Crippen LogP contribution in [0, 0.1) is 0 Å². The first-order valence-corrected chi connectivity index (χ1v) is 10.2. The normalized spacial score (nSPS) is 14.5. The van der Waals surface area contributed by atoms with Crippen LogP contribution in [0.4, 0.5) is 5.69 Å². The van der Waals surface area contributed by atoms with Crippen molar-refractivity contribution in [1.29, 1.82) is 0 Å². The number of nitrogens with one attached hydrogen (secondary N) is 2. The summed E-state index contributed by atoms with van der Waals surface area (Å²) in [4.78, 5) is 4.59. The van der Waals surface area contributed by atoms with Crippen LogP contribution in [0.2, 0.25) is 0 Å². The molecule has 0 unspecified atom stereocenters. The van der Waals surface area contributed by atoms with Gasteiger partial charge in [0.2, 0.25) is 10.0 Å². The molecule has 3 rings (SSSR count). The zero-order valence-electron chi connectivity index (χ0n) is 15.2. The molecule has 0 saturated heterocycles. The molecule has 8 heteroatoms. The molecule has 1 fully saturated rings. The van der Waals surface area contributed by atoms with Gasteiger partial charge in [-0.1, -0.05) is 31.2 Å². The van der Waals surface area contributed by atoms with E-state index < -0.39 is 10.0 Å². The number of halogens is 1. The number of benzene rings is 2. The first kappa shape index (κ1) is 21.6. The van der Waals surface area contributed by atoms with Gasteiger partial charge in [-0.25, -0.2) is 18.1 Å². The van der Waals surface area contributed by atoms with E-state index in [4.69, 9.17) is 5.73 Å². The number of hydrogen-bond acceptors (Lipinski definition) is 3. The van der Waals surface area contributed by atoms with E-state index in [1.165, 1.54) is 5.56 Å². The van der Waals surface area contributed by atoms with Crippen molar-refractivity contribution in [2.45, 2.75) is 43.7 Å². The summed E-state index contributed by atoms with van der Waals surface area (Å²) in [6.45, 7) is 2.48. The van der Waals surface area contributed by atoms with Gasteiger partial charge in [0.1, 0.15) is 0 Å². The van der Waals surface area contributed by atoms with E-state index in [-0.39, 0.29) is 34.9 Å². The van der Waals surface area contributed by atoms with Crippen LogP contribution in [-0.4, -0.2) is 20.4 Å². The first-order chi connectivity index (χ1) is 12.5. The highest BCUT2D eigenvalue weighted by Gasteiger charge is 2.27. The molecule has 6 nitrogen and oxygen atoms in total. The zero-order chi connectivity index (χ0) is 18.6. The van der Waals surface area contributed by atoms with Gasteiger partial charge in [0.05, 0.1) is 11.4 Å². The molecule has 0 atom stereocenters. The van der Waals surface area contributed by atoms with Gasteiger partial charge in [-0.3, -0.25) is 0 Å². The number of hydrogen-bond donors (Lipinski definition) is 3. The third kappa shape index (κ3) is 6.47. The molecule has 27 heavy (non-hydrogen) atoms. The molecular formula is C19H25IN4O2S. The summed E-state index contributed by atoms with van der Waals surface area (Å²) in [5.41, 5.74) is 8.95. The molecule has 1 aliphatic rings. The highest BCUT2D eigenvalue weighted by Crippen LogP contribution is 2.22. The number of anilines is 1. The Hall–Kier alpha value is -1.65. The Morgan fingerprint density at radius 2 is 1.85 bits per heavy atom. The third-order valence-electron chi connectivity index (χ3n) is 4.17. The summed E-state index contributed by atoms with van der Waals surface area (Å²) in [5, 5.41) is 3.07. The summed E-state index contributed by atoms with van der Waals surface area (Å²) in [7, 11) is -3.42. The molecule has 4 N–H and O–H groups in total. The number of aryl methyl sites for hydroxylation is 1. The predicted octanol–water partition coefficient (Wildman–Crippen LogP) is 3.23. The van der Waals surface area contributed by atoms with Crippen LogP contribution in [-0.2, 0) is 23.0 Å². The van der Waals surface area contributed by atoms with Crippen molar-refractivity contribution in [2.75, 3.05) is 5.32 Å². The second-order valence-electron chi connectivity index (χ2n) is 6.42. The molecule has 0 aromatic heterocycles. The first-order valence-electron chi connectivity index (χ1n) is 8.73. The van der Waals surface area contributed by atoms with Gasteiger partial charge >= 0.3 is 0 Å². The van der Waals surface area contributed by atoms with E-state index in [2.05, 4.69) is 28.0 Å². The van der Waals surface area contributed by atoms with Crippen LogP contribution >= 0.6 is 24.0 Å². The van der Waals surface area contributed by atoms with Gasteiger partial charge in [-0.15, -0.1) is 24.0 Å². The topological polar surface area (TPSA) is 96.6 Å². The Morgan fingerprint density at radius 1 is 1.15 bits per heavy atom. The van der Waals surface area contributed by atoms with Crippen molar-refractivity contribution in [1.82, 2.24) is 4.72 Å². The molecule has 0 radical (unpaired) electrons. The predicted molar refractivity (Wildman–Crippen MR) is 120 cm³/mol. The minimum Gasteiger partial charge on any atom is -0.370 e. The lowest BCUT2D eigenvalue weighted by molar-refractivity contribution is 0.581. The summed E-state index contributed by atoms with van der Waals surface area (Å²) < 4.78 is 27.0. The lowest BCUT2D eigenvalue weighted by Gasteiger charge is -2.08. The lowest BCUT2D eigenvalue weighted by atomic mass is 10.1. The highest BCUT2D eigenvalue weighted by molar-refractivity contribution is 14.0. The van der Waals surface area contributed by atoms with Gasteiger partial charge in [0.15, 0.2) is 5.96 Å². The van der Waals surface area contributed by atoms with Gasteiger partial charge in [0.25, 0.3) is 0 Å². The fraction of sp³-hybridized carbons (Fsp3) is 0.316. The Bertz CT molecular complexity index is 894. The van der Waals surface area contributed by atoms with E-state index in [1.54, 1.807) is 24.3 Å². The summed E-state index contributed by atoms with van der Waals surface area (Å²) in [5.74, 6) is 0.324. The number of nitrogens with two attached hydrogens (primary N) is 1. The quantitative estimate of drug-likeness (QED) is 0.309. The minimum absolute atomic E-state index is 0. The Balaban J connectivity index is 0.00000261. The maximum atomic E-state index is 12.1. The van der Waals surface area contributed by atoms with Crippen LogP contribution in [0.15, 0.2) is 58.4 Å². The van der Waals surface area contributed by atoms with Crippen molar-refractivity contribution in [3.8, 4) is 0 Å². The number of rotatable bonds is 7. The molecule has 1 aliphatic carbocycles. The molecule has 0 spiro atoms. The fourth-order valence-corrected chi connectivity index (χ4v) is 3.80. The summed E-state index contributed by atoms with van der Waals surface area (Å²) in [6.07, 6.45) is 2.79. The van der Waals surface area contributed by atoms with Crippen LogP contribution < -0.4 is 15.8 Å². The Labute approximate surface area is 177 Å². The van der Waals surface area contributed by atoms with Crippen molar-refractivity contribution in [3.63, 3.8) is 0 Å². The van der Waals surface area contributed by atoms with Crippen molar-refractivity contribution < 1.29 is 8.42 Å². The molecular weight excluding hydrogens is 475 g/mol. The zero-order valence-corrected chi connectivity index (χ0v) is 18.3. The van der Waals surface area contributed by atoms with Crippen LogP contribution in [0.3, 0.4) is 0 Å². The van der Waals surface area contributed by atoms with Crippen LogP contribution in [0.1, 0.15) is 30.9 Å². The summed E-state index contributed by atoms with van der Waals surface area (Å²) >= 11 is 0. The van der Waals surface area contributed by atoms with Crippen molar-refractivity contribution in [2.24, 2.45) is 10.7 Å². The molecule has 0 amide bonds. The third-order valence-corrected chi connectivity index (χ3v) is 5.71. The maximum Gasteiger partial charge on any atom is 0.240 e. The number of guanidine groups is 1. The number of sulfonamides is 1. The molecule has 0 aliphatic heterocycles. The van der Waals surface area contributed by atoms with Crippen molar-refractivity contribution >= 4 is 45.6 Å². The number of aliphatic imine (C=N–C) groups is 1. The average molecular weight is 500 g/mol. The second-order valence-corrected chi connectivity index (χ2v) is 8.13. The van der Waals surface area contributed by atoms with Gasteiger partial charge in [0, 0.05) is 11.7 Å². The standard InChI is InChI=1S/C19H24N4O2S.HI/c1-2-14-4-3-5-17(12-14)22-19(20)21-13-15-6-10-18(11-7-15)26(24,25)23-16-8-9-16;/h3-7,10-12,16,23H,2,8-9,13H2,1H3,(H3,20,21,22);1H. The fourth-order valence-electron chi connectivity index (χ4n) is 2.50. The second kappa shape index (κ2) is 9.52. The molecule has 0 bridgehead atoms. The molecule has 0 heterocycles. The molecule has 2 aromatic rings. The monoisotopic (exact) mass is 500 g/mol. The van der Waals surface area contributed by atoms with Gasteiger partial charge in [-0.05, 0) is 54.7 Å². The largest absolute Gasteiger partial charge is 0.370 e. The maximum absolute atomic E-state index is 12.1.